The SMILES string of the molecule is CC(C)COC(=O)c1cccc(C(=O)Oc2ccc(F)cc2Br)c1. The van der Waals surface area contributed by atoms with Crippen molar-refractivity contribution in [2.24, 2.45) is 5.92 Å². The molecule has 0 spiro atoms. The molecule has 0 unspecified atom stereocenters. The molecule has 24 heavy (non-hydrogen) atoms. The normalized spacial score (nSPS) is 10.5. The summed E-state index contributed by atoms with van der Waals surface area (Å²) in [5.74, 6) is -1.19. The average Bonchev–Trinajstić information content (AvgIpc) is 2.55. The lowest BCUT2D eigenvalue weighted by atomic mass is 10.1. The molecule has 0 saturated carbocycles. The summed E-state index contributed by atoms with van der Waals surface area (Å²) in [4.78, 5) is 24.2. The largest absolute Gasteiger partial charge is 0.462 e. The standard InChI is InChI=1S/C18H16BrFO4/c1-11(2)10-23-17(21)12-4-3-5-13(8-12)18(22)24-16-7-6-14(20)9-15(16)19/h3-9,11H,10H2,1-2H3. The van der Waals surface area contributed by atoms with Crippen LogP contribution >= 0.6 is 15.9 Å². The smallest absolute Gasteiger partial charge is 0.343 e. The number of benzene rings is 2. The highest BCUT2D eigenvalue weighted by molar-refractivity contribution is 9.10. The molecule has 2 rings (SSSR count). The molecular weight excluding hydrogens is 379 g/mol. The number of hydrogen-bond donors (Lipinski definition) is 0. The van der Waals surface area contributed by atoms with Crippen LogP contribution in [0.2, 0.25) is 0 Å². The zero-order valence-electron chi connectivity index (χ0n) is 13.2. The Morgan fingerprint density at radius 1 is 1.08 bits per heavy atom. The molecule has 4 nitrogen and oxygen atoms in total. The van der Waals surface area contributed by atoms with Crippen LogP contribution < -0.4 is 4.74 Å². The minimum absolute atomic E-state index is 0.189. The fraction of sp³-hybridized carbons (Fsp3) is 0.222. The van der Waals surface area contributed by atoms with Gasteiger partial charge in [0.2, 0.25) is 0 Å². The first kappa shape index (κ1) is 18.1. The Morgan fingerprint density at radius 2 is 1.75 bits per heavy atom. The first-order valence-electron chi connectivity index (χ1n) is 7.31. The molecule has 0 fully saturated rings. The second-order valence-corrected chi connectivity index (χ2v) is 6.39. The third kappa shape index (κ3) is 4.89. The minimum Gasteiger partial charge on any atom is -0.462 e. The van der Waals surface area contributed by atoms with E-state index in [1.807, 2.05) is 13.8 Å². The molecule has 0 N–H and O–H groups in total. The molecule has 126 valence electrons. The van der Waals surface area contributed by atoms with Crippen molar-refractivity contribution in [2.75, 3.05) is 6.61 Å². The van der Waals surface area contributed by atoms with Crippen molar-refractivity contribution in [1.82, 2.24) is 0 Å². The fourth-order valence-electron chi connectivity index (χ4n) is 1.82. The predicted molar refractivity (Wildman–Crippen MR) is 90.6 cm³/mol. The number of esters is 2. The second-order valence-electron chi connectivity index (χ2n) is 5.54. The predicted octanol–water partition coefficient (Wildman–Crippen LogP) is 4.62. The zero-order chi connectivity index (χ0) is 17.7. The van der Waals surface area contributed by atoms with Gasteiger partial charge in [-0.15, -0.1) is 0 Å². The summed E-state index contributed by atoms with van der Waals surface area (Å²) in [6.45, 7) is 4.17. The van der Waals surface area contributed by atoms with Gasteiger partial charge >= 0.3 is 11.9 Å². The first-order chi connectivity index (χ1) is 11.4. The lowest BCUT2D eigenvalue weighted by Crippen LogP contribution is -2.13. The van der Waals surface area contributed by atoms with Crippen LogP contribution in [0.25, 0.3) is 0 Å². The molecule has 0 aliphatic rings. The highest BCUT2D eigenvalue weighted by atomic mass is 79.9. The van der Waals surface area contributed by atoms with Crippen LogP contribution in [-0.2, 0) is 4.74 Å². The van der Waals surface area contributed by atoms with E-state index in [4.69, 9.17) is 9.47 Å². The molecule has 6 heteroatoms. The van der Waals surface area contributed by atoms with Crippen molar-refractivity contribution in [3.05, 3.63) is 63.9 Å². The Morgan fingerprint density at radius 3 is 2.38 bits per heavy atom. The molecule has 0 aromatic heterocycles. The molecule has 0 radical (unpaired) electrons. The van der Waals surface area contributed by atoms with Gasteiger partial charge in [0.25, 0.3) is 0 Å². The maximum atomic E-state index is 13.1. The Labute approximate surface area is 147 Å². The highest BCUT2D eigenvalue weighted by Gasteiger charge is 2.15. The molecular formula is C18H16BrFO4. The van der Waals surface area contributed by atoms with Gasteiger partial charge in [0.15, 0.2) is 0 Å². The van der Waals surface area contributed by atoms with Crippen molar-refractivity contribution in [1.29, 1.82) is 0 Å². The summed E-state index contributed by atoms with van der Waals surface area (Å²) in [7, 11) is 0. The van der Waals surface area contributed by atoms with Gasteiger partial charge in [0.05, 0.1) is 22.2 Å². The van der Waals surface area contributed by atoms with E-state index >= 15 is 0 Å². The van der Waals surface area contributed by atoms with Gasteiger partial charge in [-0.3, -0.25) is 0 Å². The third-order valence-electron chi connectivity index (χ3n) is 2.98. The Balaban J connectivity index is 2.12. The summed E-state index contributed by atoms with van der Waals surface area (Å²) in [6, 6.07) is 9.80. The van der Waals surface area contributed by atoms with Crippen molar-refractivity contribution >= 4 is 27.9 Å². The van der Waals surface area contributed by atoms with Crippen molar-refractivity contribution in [2.45, 2.75) is 13.8 Å². The van der Waals surface area contributed by atoms with Gasteiger partial charge in [0.1, 0.15) is 11.6 Å². The maximum Gasteiger partial charge on any atom is 0.343 e. The number of rotatable bonds is 5. The summed E-state index contributed by atoms with van der Waals surface area (Å²) < 4.78 is 23.7. The van der Waals surface area contributed by atoms with Gasteiger partial charge in [-0.25, -0.2) is 14.0 Å². The van der Waals surface area contributed by atoms with Crippen LogP contribution in [-0.4, -0.2) is 18.5 Å². The van der Waals surface area contributed by atoms with Crippen molar-refractivity contribution in [3.63, 3.8) is 0 Å². The summed E-state index contributed by atoms with van der Waals surface area (Å²) in [6.07, 6.45) is 0. The van der Waals surface area contributed by atoms with Gasteiger partial charge in [-0.2, -0.15) is 0 Å². The highest BCUT2D eigenvalue weighted by Crippen LogP contribution is 2.26. The Bertz CT molecular complexity index is 758. The molecule has 0 atom stereocenters. The third-order valence-corrected chi connectivity index (χ3v) is 3.60. The number of halogens is 2. The van der Waals surface area contributed by atoms with Crippen molar-refractivity contribution in [3.8, 4) is 5.75 Å². The van der Waals surface area contributed by atoms with Crippen LogP contribution in [0.1, 0.15) is 34.6 Å². The second kappa shape index (κ2) is 8.06. The molecule has 0 saturated heterocycles. The molecule has 0 aliphatic heterocycles. The first-order valence-corrected chi connectivity index (χ1v) is 8.10. The zero-order valence-corrected chi connectivity index (χ0v) is 14.8. The van der Waals surface area contributed by atoms with Crippen LogP contribution in [0.3, 0.4) is 0 Å². The van der Waals surface area contributed by atoms with E-state index in [2.05, 4.69) is 15.9 Å². The molecule has 0 bridgehead atoms. The number of hydrogen-bond acceptors (Lipinski definition) is 4. The van der Waals surface area contributed by atoms with Gasteiger partial charge < -0.3 is 9.47 Å². The quantitative estimate of drug-likeness (QED) is 0.548. The number of carbonyl (C=O) groups is 2. The van der Waals surface area contributed by atoms with E-state index < -0.39 is 17.8 Å². The van der Waals surface area contributed by atoms with Crippen molar-refractivity contribution < 1.29 is 23.5 Å². The molecule has 2 aromatic rings. The van der Waals surface area contributed by atoms with E-state index in [1.165, 1.54) is 30.3 Å². The molecule has 2 aromatic carbocycles. The number of carbonyl (C=O) groups excluding carboxylic acids is 2. The van der Waals surface area contributed by atoms with E-state index in [0.717, 1.165) is 0 Å². The molecule has 0 heterocycles. The molecule has 0 aliphatic carbocycles. The Hall–Kier alpha value is -2.21. The van der Waals surface area contributed by atoms with Gasteiger partial charge in [-0.05, 0) is 58.2 Å². The Kier molecular flexibility index (Phi) is 6.09. The van der Waals surface area contributed by atoms with E-state index in [-0.39, 0.29) is 22.8 Å². The summed E-state index contributed by atoms with van der Waals surface area (Å²) >= 11 is 3.13. The van der Waals surface area contributed by atoms with E-state index in [9.17, 15) is 14.0 Å². The molecule has 0 amide bonds. The number of ether oxygens (including phenoxy) is 2. The lowest BCUT2D eigenvalue weighted by Gasteiger charge is -2.09. The van der Waals surface area contributed by atoms with Crippen LogP contribution in [0.4, 0.5) is 4.39 Å². The topological polar surface area (TPSA) is 52.6 Å². The van der Waals surface area contributed by atoms with E-state index in [1.54, 1.807) is 12.1 Å². The minimum atomic E-state index is -0.652. The van der Waals surface area contributed by atoms with Crippen LogP contribution in [0, 0.1) is 11.7 Å². The van der Waals surface area contributed by atoms with Crippen LogP contribution in [0.5, 0.6) is 5.75 Å². The van der Waals surface area contributed by atoms with Gasteiger partial charge in [0, 0.05) is 0 Å². The summed E-state index contributed by atoms with van der Waals surface area (Å²) in [5, 5.41) is 0. The monoisotopic (exact) mass is 394 g/mol. The van der Waals surface area contributed by atoms with Crippen LogP contribution in [0.15, 0.2) is 46.9 Å². The van der Waals surface area contributed by atoms with Gasteiger partial charge in [-0.1, -0.05) is 19.9 Å². The van der Waals surface area contributed by atoms with E-state index in [0.29, 0.717) is 11.1 Å². The fourth-order valence-corrected chi connectivity index (χ4v) is 2.25. The average molecular weight is 395 g/mol. The maximum absolute atomic E-state index is 13.1. The summed E-state index contributed by atoms with van der Waals surface area (Å²) in [5.41, 5.74) is 0.466. The lowest BCUT2D eigenvalue weighted by molar-refractivity contribution is 0.0459.